The van der Waals surface area contributed by atoms with E-state index in [2.05, 4.69) is 5.32 Å². The third kappa shape index (κ3) is 4.47. The second kappa shape index (κ2) is 7.22. The van der Waals surface area contributed by atoms with Gasteiger partial charge in [0.15, 0.2) is 0 Å². The fraction of sp³-hybridized carbons (Fsp3) is 0.133. The maximum absolute atomic E-state index is 11.8. The van der Waals surface area contributed by atoms with E-state index in [-0.39, 0.29) is 5.91 Å². The number of nitrogens with one attached hydrogen (secondary N) is 1. The van der Waals surface area contributed by atoms with Gasteiger partial charge >= 0.3 is 0 Å². The summed E-state index contributed by atoms with van der Waals surface area (Å²) in [5, 5.41) is 3.51. The van der Waals surface area contributed by atoms with E-state index in [1.54, 1.807) is 23.9 Å². The van der Waals surface area contributed by atoms with Crippen LogP contribution in [-0.4, -0.2) is 11.7 Å². The fourth-order valence-corrected chi connectivity index (χ4v) is 2.81. The van der Waals surface area contributed by atoms with Crippen molar-refractivity contribution >= 4 is 40.6 Å². The molecule has 0 radical (unpaired) electrons. The Morgan fingerprint density at radius 3 is 2.75 bits per heavy atom. The van der Waals surface area contributed by atoms with Crippen LogP contribution in [0.4, 0.5) is 11.4 Å². The van der Waals surface area contributed by atoms with Gasteiger partial charge in [0.2, 0.25) is 5.91 Å². The summed E-state index contributed by atoms with van der Waals surface area (Å²) in [6.45, 7) is 0. The third-order valence-corrected chi connectivity index (χ3v) is 3.86. The zero-order valence-electron chi connectivity index (χ0n) is 10.8. The first-order valence-corrected chi connectivity index (χ1v) is 7.54. The van der Waals surface area contributed by atoms with Gasteiger partial charge in [-0.1, -0.05) is 29.8 Å². The highest BCUT2D eigenvalue weighted by molar-refractivity contribution is 7.99. The number of rotatable bonds is 5. The van der Waals surface area contributed by atoms with E-state index < -0.39 is 0 Å². The van der Waals surface area contributed by atoms with E-state index in [1.807, 2.05) is 36.4 Å². The number of hydrogen-bond donors (Lipinski definition) is 2. The van der Waals surface area contributed by atoms with Crippen LogP contribution in [0.1, 0.15) is 6.42 Å². The molecule has 1 amide bonds. The molecule has 5 heteroatoms. The number of benzene rings is 2. The number of amides is 1. The number of anilines is 2. The zero-order valence-corrected chi connectivity index (χ0v) is 12.4. The minimum absolute atomic E-state index is 0.0440. The SMILES string of the molecule is Nc1ccccc1NC(=O)CCSc1cccc(Cl)c1. The Kier molecular flexibility index (Phi) is 5.32. The van der Waals surface area contributed by atoms with Crippen molar-refractivity contribution in [2.24, 2.45) is 0 Å². The van der Waals surface area contributed by atoms with E-state index in [9.17, 15) is 4.79 Å². The first kappa shape index (κ1) is 14.8. The molecule has 0 saturated heterocycles. The molecule has 0 fully saturated rings. The van der Waals surface area contributed by atoms with Gasteiger partial charge in [0.05, 0.1) is 11.4 Å². The van der Waals surface area contributed by atoms with Gasteiger partial charge < -0.3 is 11.1 Å². The second-order valence-corrected chi connectivity index (χ2v) is 5.80. The average Bonchev–Trinajstić information content (AvgIpc) is 2.41. The molecule has 0 aliphatic rings. The van der Waals surface area contributed by atoms with Crippen LogP contribution in [0.5, 0.6) is 0 Å². The predicted molar refractivity (Wildman–Crippen MR) is 86.3 cm³/mol. The molecular weight excluding hydrogens is 292 g/mol. The normalized spacial score (nSPS) is 10.2. The minimum Gasteiger partial charge on any atom is -0.397 e. The first-order valence-electron chi connectivity index (χ1n) is 6.18. The summed E-state index contributed by atoms with van der Waals surface area (Å²) in [4.78, 5) is 12.9. The zero-order chi connectivity index (χ0) is 14.4. The van der Waals surface area contributed by atoms with Crippen molar-refractivity contribution in [2.75, 3.05) is 16.8 Å². The number of carbonyl (C=O) groups excluding carboxylic acids is 1. The van der Waals surface area contributed by atoms with Gasteiger partial charge in [-0.3, -0.25) is 4.79 Å². The molecule has 0 aliphatic carbocycles. The van der Waals surface area contributed by atoms with E-state index >= 15 is 0 Å². The third-order valence-electron chi connectivity index (χ3n) is 2.63. The maximum Gasteiger partial charge on any atom is 0.225 e. The van der Waals surface area contributed by atoms with Crippen molar-refractivity contribution in [3.8, 4) is 0 Å². The Bertz CT molecular complexity index is 604. The Morgan fingerprint density at radius 2 is 2.00 bits per heavy atom. The summed E-state index contributed by atoms with van der Waals surface area (Å²) in [5.41, 5.74) is 7.00. The molecule has 2 aromatic carbocycles. The largest absolute Gasteiger partial charge is 0.397 e. The van der Waals surface area contributed by atoms with Gasteiger partial charge in [-0.25, -0.2) is 0 Å². The number of hydrogen-bond acceptors (Lipinski definition) is 3. The van der Waals surface area contributed by atoms with E-state index in [0.29, 0.717) is 28.6 Å². The number of thioether (sulfide) groups is 1. The van der Waals surface area contributed by atoms with Crippen LogP contribution < -0.4 is 11.1 Å². The second-order valence-electron chi connectivity index (χ2n) is 4.19. The number of carbonyl (C=O) groups is 1. The van der Waals surface area contributed by atoms with Gasteiger partial charge in [-0.15, -0.1) is 11.8 Å². The van der Waals surface area contributed by atoms with Crippen molar-refractivity contribution in [2.45, 2.75) is 11.3 Å². The lowest BCUT2D eigenvalue weighted by molar-refractivity contribution is -0.115. The van der Waals surface area contributed by atoms with Crippen LogP contribution in [0.3, 0.4) is 0 Å². The van der Waals surface area contributed by atoms with Crippen LogP contribution >= 0.6 is 23.4 Å². The van der Waals surface area contributed by atoms with Crippen LogP contribution in [0.15, 0.2) is 53.4 Å². The molecule has 20 heavy (non-hydrogen) atoms. The lowest BCUT2D eigenvalue weighted by atomic mass is 10.2. The van der Waals surface area contributed by atoms with Gasteiger partial charge in [0, 0.05) is 22.1 Å². The Labute approximate surface area is 127 Å². The minimum atomic E-state index is -0.0440. The summed E-state index contributed by atoms with van der Waals surface area (Å²) in [5.74, 6) is 0.649. The Balaban J connectivity index is 1.80. The summed E-state index contributed by atoms with van der Waals surface area (Å²) < 4.78 is 0. The molecule has 0 atom stereocenters. The molecule has 2 aromatic rings. The molecule has 104 valence electrons. The maximum atomic E-state index is 11.8. The molecule has 3 N–H and O–H groups in total. The van der Waals surface area contributed by atoms with Crippen LogP contribution in [0, 0.1) is 0 Å². The lowest BCUT2D eigenvalue weighted by Gasteiger charge is -2.07. The fourth-order valence-electron chi connectivity index (χ4n) is 1.64. The Morgan fingerprint density at radius 1 is 1.20 bits per heavy atom. The topological polar surface area (TPSA) is 55.1 Å². The van der Waals surface area contributed by atoms with Crippen molar-refractivity contribution < 1.29 is 4.79 Å². The summed E-state index contributed by atoms with van der Waals surface area (Å²) in [6, 6.07) is 14.8. The van der Waals surface area contributed by atoms with E-state index in [1.165, 1.54) is 0 Å². The molecule has 0 aliphatic heterocycles. The molecule has 0 heterocycles. The molecule has 0 saturated carbocycles. The smallest absolute Gasteiger partial charge is 0.225 e. The van der Waals surface area contributed by atoms with Crippen LogP contribution in [-0.2, 0) is 4.79 Å². The van der Waals surface area contributed by atoms with Crippen LogP contribution in [0.2, 0.25) is 5.02 Å². The summed E-state index contributed by atoms with van der Waals surface area (Å²) in [6.07, 6.45) is 0.422. The van der Waals surface area contributed by atoms with Crippen LogP contribution in [0.25, 0.3) is 0 Å². The molecule has 0 unspecified atom stereocenters. The van der Waals surface area contributed by atoms with Gasteiger partial charge in [-0.2, -0.15) is 0 Å². The quantitative estimate of drug-likeness (QED) is 0.647. The molecule has 0 aromatic heterocycles. The monoisotopic (exact) mass is 306 g/mol. The molecule has 2 rings (SSSR count). The van der Waals surface area contributed by atoms with Gasteiger partial charge in [0.1, 0.15) is 0 Å². The lowest BCUT2D eigenvalue weighted by Crippen LogP contribution is -2.13. The summed E-state index contributed by atoms with van der Waals surface area (Å²) in [7, 11) is 0. The highest BCUT2D eigenvalue weighted by Crippen LogP contribution is 2.22. The highest BCUT2D eigenvalue weighted by Gasteiger charge is 2.05. The average molecular weight is 307 g/mol. The van der Waals surface area contributed by atoms with Crippen molar-refractivity contribution in [1.29, 1.82) is 0 Å². The first-order chi connectivity index (χ1) is 9.65. The molecule has 0 spiro atoms. The molecule has 3 nitrogen and oxygen atoms in total. The Hall–Kier alpha value is -1.65. The highest BCUT2D eigenvalue weighted by atomic mass is 35.5. The molecular formula is C15H15ClN2OS. The summed E-state index contributed by atoms with van der Waals surface area (Å²) >= 11 is 7.51. The van der Waals surface area contributed by atoms with Crippen molar-refractivity contribution in [3.05, 3.63) is 53.6 Å². The van der Waals surface area contributed by atoms with Gasteiger partial charge in [0.25, 0.3) is 0 Å². The number of para-hydroxylation sites is 2. The number of nitrogen functional groups attached to an aromatic ring is 1. The predicted octanol–water partition coefficient (Wildman–Crippen LogP) is 4.04. The number of nitrogens with two attached hydrogens (primary N) is 1. The molecule has 0 bridgehead atoms. The van der Waals surface area contributed by atoms with Crippen molar-refractivity contribution in [3.63, 3.8) is 0 Å². The van der Waals surface area contributed by atoms with E-state index in [0.717, 1.165) is 4.90 Å². The van der Waals surface area contributed by atoms with Crippen molar-refractivity contribution in [1.82, 2.24) is 0 Å². The standard InChI is InChI=1S/C15H15ClN2OS/c16-11-4-3-5-12(10-11)20-9-8-15(19)18-14-7-2-1-6-13(14)17/h1-7,10H,8-9,17H2,(H,18,19). The number of halogens is 1. The van der Waals surface area contributed by atoms with E-state index in [4.69, 9.17) is 17.3 Å². The van der Waals surface area contributed by atoms with Gasteiger partial charge in [-0.05, 0) is 30.3 Å².